The summed E-state index contributed by atoms with van der Waals surface area (Å²) < 4.78 is 12.0. The Morgan fingerprint density at radius 3 is 2.08 bits per heavy atom. The molecule has 0 bridgehead atoms. The van der Waals surface area contributed by atoms with Crippen molar-refractivity contribution >= 4 is 37.9 Å². The number of hydrogen-bond donors (Lipinski definition) is 0. The molecule has 3 unspecified atom stereocenters. The summed E-state index contributed by atoms with van der Waals surface area (Å²) >= 11 is 7.58. The van der Waals surface area contributed by atoms with Gasteiger partial charge in [-0.15, -0.1) is 0 Å². The van der Waals surface area contributed by atoms with Crippen molar-refractivity contribution in [2.45, 2.75) is 102 Å². The molecule has 0 fully saturated rings. The molecule has 1 aromatic rings. The number of alkyl halides is 2. The van der Waals surface area contributed by atoms with Crippen LogP contribution in [0.25, 0.3) is 6.08 Å². The highest BCUT2D eigenvalue weighted by Gasteiger charge is 2.32. The largest absolute Gasteiger partial charge is 0.494 e. The number of benzene rings is 1. The SMILES string of the molecule is CC(C)CCCC(C)CCOc1cccc(C=CC2=CC(OCCC(C)CCCC(C)C)C(Br)(Br)C=C2)c1. The molecule has 0 N–H and O–H groups in total. The van der Waals surface area contributed by atoms with Crippen LogP contribution in [0.2, 0.25) is 0 Å². The van der Waals surface area contributed by atoms with Crippen LogP contribution in [0.3, 0.4) is 0 Å². The number of allylic oxidation sites excluding steroid dienone is 3. The van der Waals surface area contributed by atoms with Gasteiger partial charge in [0.2, 0.25) is 0 Å². The van der Waals surface area contributed by atoms with Gasteiger partial charge < -0.3 is 9.47 Å². The van der Waals surface area contributed by atoms with Gasteiger partial charge in [0.05, 0.1) is 6.61 Å². The van der Waals surface area contributed by atoms with Crippen molar-refractivity contribution < 1.29 is 9.47 Å². The van der Waals surface area contributed by atoms with Gasteiger partial charge in [0, 0.05) is 6.61 Å². The van der Waals surface area contributed by atoms with Crippen molar-refractivity contribution in [3.8, 4) is 5.75 Å². The second kappa shape index (κ2) is 17.8. The van der Waals surface area contributed by atoms with Gasteiger partial charge in [0.1, 0.15) is 15.1 Å². The summed E-state index contributed by atoms with van der Waals surface area (Å²) in [5.74, 6) is 3.94. The highest BCUT2D eigenvalue weighted by Crippen LogP contribution is 2.38. The summed E-state index contributed by atoms with van der Waals surface area (Å²) in [4.78, 5) is 0. The molecule has 4 heteroatoms. The number of rotatable bonds is 18. The van der Waals surface area contributed by atoms with E-state index in [1.54, 1.807) is 0 Å². The molecule has 1 aliphatic rings. The lowest BCUT2D eigenvalue weighted by atomic mass is 9.97. The van der Waals surface area contributed by atoms with Crippen molar-refractivity contribution in [3.05, 3.63) is 59.7 Å². The molecule has 0 aliphatic heterocycles. The van der Waals surface area contributed by atoms with Crippen LogP contribution in [-0.4, -0.2) is 22.6 Å². The number of ether oxygens (including phenoxy) is 2. The first kappa shape index (κ1) is 33.4. The summed E-state index contributed by atoms with van der Waals surface area (Å²) in [6, 6.07) is 8.38. The molecule has 2 nitrogen and oxygen atoms in total. The third-order valence-electron chi connectivity index (χ3n) is 7.29. The van der Waals surface area contributed by atoms with Gasteiger partial charge in [-0.3, -0.25) is 0 Å². The average molecular weight is 653 g/mol. The van der Waals surface area contributed by atoms with E-state index in [1.165, 1.54) is 38.5 Å². The normalized spacial score (nSPS) is 18.8. The fourth-order valence-corrected chi connectivity index (χ4v) is 5.42. The zero-order chi connectivity index (χ0) is 28.0. The van der Waals surface area contributed by atoms with E-state index in [1.807, 2.05) is 0 Å². The summed E-state index contributed by atoms with van der Waals surface area (Å²) in [5.41, 5.74) is 2.29. The predicted octanol–water partition coefficient (Wildman–Crippen LogP) is 11.2. The van der Waals surface area contributed by atoms with Crippen molar-refractivity contribution in [1.82, 2.24) is 0 Å². The lowest BCUT2D eigenvalue weighted by molar-refractivity contribution is 0.0757. The minimum absolute atomic E-state index is 0.0628. The predicted molar refractivity (Wildman–Crippen MR) is 173 cm³/mol. The first-order valence-corrected chi connectivity index (χ1v) is 16.4. The molecule has 0 radical (unpaired) electrons. The van der Waals surface area contributed by atoms with Crippen LogP contribution in [0, 0.1) is 23.7 Å². The minimum atomic E-state index is -0.363. The maximum Gasteiger partial charge on any atom is 0.128 e. The Morgan fingerprint density at radius 1 is 0.816 bits per heavy atom. The molecule has 0 saturated heterocycles. The molecule has 1 aliphatic carbocycles. The van der Waals surface area contributed by atoms with E-state index in [-0.39, 0.29) is 9.34 Å². The smallest absolute Gasteiger partial charge is 0.128 e. The third kappa shape index (κ3) is 14.0. The fourth-order valence-electron chi connectivity index (χ4n) is 4.63. The Labute approximate surface area is 251 Å². The van der Waals surface area contributed by atoms with E-state index in [0.717, 1.165) is 54.8 Å². The van der Waals surface area contributed by atoms with Crippen LogP contribution in [0.5, 0.6) is 5.75 Å². The number of hydrogen-bond acceptors (Lipinski definition) is 2. The van der Waals surface area contributed by atoms with E-state index in [9.17, 15) is 0 Å². The summed E-state index contributed by atoms with van der Waals surface area (Å²) in [6.45, 7) is 15.4. The van der Waals surface area contributed by atoms with E-state index >= 15 is 0 Å². The molecular formula is C34H52Br2O2. The molecule has 0 aromatic heterocycles. The van der Waals surface area contributed by atoms with Crippen LogP contribution >= 0.6 is 31.9 Å². The lowest BCUT2D eigenvalue weighted by Gasteiger charge is -2.29. The van der Waals surface area contributed by atoms with Crippen LogP contribution in [0.1, 0.15) is 98.5 Å². The van der Waals surface area contributed by atoms with Gasteiger partial charge in [-0.25, -0.2) is 0 Å². The first-order valence-electron chi connectivity index (χ1n) is 14.9. The minimum Gasteiger partial charge on any atom is -0.494 e. The van der Waals surface area contributed by atoms with Crippen molar-refractivity contribution in [3.63, 3.8) is 0 Å². The van der Waals surface area contributed by atoms with Crippen molar-refractivity contribution in [2.75, 3.05) is 13.2 Å². The second-order valence-electron chi connectivity index (χ2n) is 12.2. The Bertz CT molecular complexity index is 884. The maximum absolute atomic E-state index is 6.32. The molecule has 1 aromatic carbocycles. The zero-order valence-corrected chi connectivity index (χ0v) is 27.9. The van der Waals surface area contributed by atoms with E-state index in [4.69, 9.17) is 9.47 Å². The standard InChI is InChI=1S/C34H52Br2O2/c1-26(2)10-7-12-28(5)19-22-37-32-15-9-14-30(24-32)16-17-31-18-21-34(35,36)33(25-31)38-23-20-29(6)13-8-11-27(3)4/h9,14-18,21,24-29,33H,7-8,10-13,19-20,22-23H2,1-6H3. The molecule has 0 amide bonds. The van der Waals surface area contributed by atoms with Crippen LogP contribution < -0.4 is 4.74 Å². The van der Waals surface area contributed by atoms with E-state index < -0.39 is 0 Å². The molecule has 0 heterocycles. The van der Waals surface area contributed by atoms with E-state index in [0.29, 0.717) is 11.8 Å². The van der Waals surface area contributed by atoms with Gasteiger partial charge in [-0.1, -0.05) is 148 Å². The Kier molecular flexibility index (Phi) is 15.6. The second-order valence-corrected chi connectivity index (χ2v) is 15.8. The van der Waals surface area contributed by atoms with Crippen molar-refractivity contribution in [1.29, 1.82) is 0 Å². The van der Waals surface area contributed by atoms with Gasteiger partial charge in [-0.2, -0.15) is 0 Å². The monoisotopic (exact) mass is 650 g/mol. The summed E-state index contributed by atoms with van der Waals surface area (Å²) in [5, 5.41) is 0. The fraction of sp³-hybridized carbons (Fsp3) is 0.647. The molecule has 38 heavy (non-hydrogen) atoms. The van der Waals surface area contributed by atoms with Gasteiger partial charge in [0.25, 0.3) is 0 Å². The van der Waals surface area contributed by atoms with Crippen LogP contribution in [0.4, 0.5) is 0 Å². The number of halogens is 2. The molecule has 2 rings (SSSR count). The molecule has 3 atom stereocenters. The van der Waals surface area contributed by atoms with Gasteiger partial charge in [0.15, 0.2) is 0 Å². The third-order valence-corrected chi connectivity index (χ3v) is 8.72. The Morgan fingerprint density at radius 2 is 1.45 bits per heavy atom. The van der Waals surface area contributed by atoms with Crippen LogP contribution in [-0.2, 0) is 4.74 Å². The van der Waals surface area contributed by atoms with E-state index in [2.05, 4.69) is 128 Å². The van der Waals surface area contributed by atoms with Crippen LogP contribution in [0.15, 0.2) is 54.1 Å². The quantitative estimate of drug-likeness (QED) is 0.147. The zero-order valence-electron chi connectivity index (χ0n) is 24.7. The van der Waals surface area contributed by atoms with Gasteiger partial charge in [-0.05, 0) is 65.9 Å². The molecular weight excluding hydrogens is 600 g/mol. The molecule has 214 valence electrons. The maximum atomic E-state index is 6.32. The Hall–Kier alpha value is -0.840. The lowest BCUT2D eigenvalue weighted by Crippen LogP contribution is -2.32. The molecule has 0 saturated carbocycles. The highest BCUT2D eigenvalue weighted by molar-refractivity contribution is 9.25. The first-order chi connectivity index (χ1) is 18.0. The highest BCUT2D eigenvalue weighted by atomic mass is 79.9. The van der Waals surface area contributed by atoms with Crippen molar-refractivity contribution in [2.24, 2.45) is 23.7 Å². The molecule has 0 spiro atoms. The summed E-state index contributed by atoms with van der Waals surface area (Å²) in [7, 11) is 0. The average Bonchev–Trinajstić information content (AvgIpc) is 2.84. The summed E-state index contributed by atoms with van der Waals surface area (Å²) in [6.07, 6.45) is 20.8. The Balaban J connectivity index is 1.83. The van der Waals surface area contributed by atoms with Gasteiger partial charge >= 0.3 is 0 Å². The topological polar surface area (TPSA) is 18.5 Å².